The summed E-state index contributed by atoms with van der Waals surface area (Å²) < 4.78 is 0. The number of fused-ring (bicyclic) bond motifs is 1. The van der Waals surface area contributed by atoms with Crippen LogP contribution in [0, 0.1) is 0 Å². The zero-order valence-electron chi connectivity index (χ0n) is 12.8. The van der Waals surface area contributed by atoms with Gasteiger partial charge in [0.05, 0.1) is 0 Å². The predicted octanol–water partition coefficient (Wildman–Crippen LogP) is 3.82. The van der Waals surface area contributed by atoms with Crippen LogP contribution >= 0.6 is 11.6 Å². The van der Waals surface area contributed by atoms with Crippen LogP contribution in [0.25, 0.3) is 10.9 Å². The average molecular weight is 343 g/mol. The van der Waals surface area contributed by atoms with E-state index in [1.54, 1.807) is 42.5 Å². The van der Waals surface area contributed by atoms with Crippen LogP contribution in [0.3, 0.4) is 0 Å². The van der Waals surface area contributed by atoms with Gasteiger partial charge < -0.3 is 20.9 Å². The third-order valence-electron chi connectivity index (χ3n) is 3.46. The first-order valence-electron chi connectivity index (χ1n) is 7.23. The van der Waals surface area contributed by atoms with E-state index >= 15 is 0 Å². The molecule has 3 amide bonds. The highest BCUT2D eigenvalue weighted by molar-refractivity contribution is 6.31. The standard InChI is InChI=1S/C17H15ClN4O2/c1-19-17(24)21-13-5-3-12(4-6-13)20-16(23)15-9-10-8-11(18)2-7-14(10)22-15/h2-9,22H,1H3,(H,20,23)(H2,19,21,24). The van der Waals surface area contributed by atoms with Crippen LogP contribution in [-0.4, -0.2) is 24.0 Å². The quantitative estimate of drug-likeness (QED) is 0.583. The Labute approximate surface area is 143 Å². The monoisotopic (exact) mass is 342 g/mol. The number of aromatic nitrogens is 1. The number of nitrogens with one attached hydrogen (secondary N) is 4. The van der Waals surface area contributed by atoms with E-state index in [0.717, 1.165) is 10.9 Å². The fraction of sp³-hybridized carbons (Fsp3) is 0.0588. The molecule has 1 aromatic heterocycles. The third-order valence-corrected chi connectivity index (χ3v) is 3.69. The molecular formula is C17H15ClN4O2. The van der Waals surface area contributed by atoms with Gasteiger partial charge in [0.15, 0.2) is 0 Å². The number of hydrogen-bond donors (Lipinski definition) is 4. The number of benzene rings is 2. The van der Waals surface area contributed by atoms with E-state index in [1.807, 2.05) is 6.07 Å². The molecule has 4 N–H and O–H groups in total. The Morgan fingerprint density at radius 3 is 2.29 bits per heavy atom. The van der Waals surface area contributed by atoms with Gasteiger partial charge >= 0.3 is 6.03 Å². The number of carbonyl (C=O) groups is 2. The van der Waals surface area contributed by atoms with Crippen molar-refractivity contribution in [2.75, 3.05) is 17.7 Å². The number of halogens is 1. The van der Waals surface area contributed by atoms with Crippen LogP contribution < -0.4 is 16.0 Å². The summed E-state index contributed by atoms with van der Waals surface area (Å²) in [4.78, 5) is 26.6. The minimum absolute atomic E-state index is 0.255. The van der Waals surface area contributed by atoms with E-state index in [-0.39, 0.29) is 11.9 Å². The summed E-state index contributed by atoms with van der Waals surface area (Å²) in [5.74, 6) is -0.255. The molecule has 24 heavy (non-hydrogen) atoms. The Morgan fingerprint density at radius 1 is 0.958 bits per heavy atom. The Balaban J connectivity index is 1.72. The molecule has 2 aromatic carbocycles. The SMILES string of the molecule is CNC(=O)Nc1ccc(NC(=O)c2cc3cc(Cl)ccc3[nH]2)cc1. The summed E-state index contributed by atoms with van der Waals surface area (Å²) in [5, 5.41) is 9.40. The largest absolute Gasteiger partial charge is 0.351 e. The first-order chi connectivity index (χ1) is 11.5. The van der Waals surface area contributed by atoms with Gasteiger partial charge in [-0.3, -0.25) is 4.79 Å². The number of H-pyrrole nitrogens is 1. The fourth-order valence-corrected chi connectivity index (χ4v) is 2.44. The molecule has 1 heterocycles. The number of amides is 3. The van der Waals surface area contributed by atoms with Crippen molar-refractivity contribution < 1.29 is 9.59 Å². The molecule has 0 aliphatic rings. The Morgan fingerprint density at radius 2 is 1.62 bits per heavy atom. The fourth-order valence-electron chi connectivity index (χ4n) is 2.25. The number of aromatic amines is 1. The summed E-state index contributed by atoms with van der Waals surface area (Å²) in [6, 6.07) is 13.7. The maximum atomic E-state index is 12.3. The highest BCUT2D eigenvalue weighted by atomic mass is 35.5. The molecule has 0 unspecified atom stereocenters. The molecule has 122 valence electrons. The van der Waals surface area contributed by atoms with Gasteiger partial charge in [0.1, 0.15) is 5.69 Å². The summed E-state index contributed by atoms with van der Waals surface area (Å²) in [5.41, 5.74) is 2.54. The van der Waals surface area contributed by atoms with Gasteiger partial charge in [-0.15, -0.1) is 0 Å². The zero-order valence-corrected chi connectivity index (χ0v) is 13.6. The second-order valence-electron chi connectivity index (χ2n) is 5.15. The number of hydrogen-bond acceptors (Lipinski definition) is 2. The molecule has 6 nitrogen and oxygen atoms in total. The lowest BCUT2D eigenvalue weighted by Gasteiger charge is -2.07. The van der Waals surface area contributed by atoms with Crippen LogP contribution in [0.5, 0.6) is 0 Å². The van der Waals surface area contributed by atoms with E-state index < -0.39 is 0 Å². The minimum Gasteiger partial charge on any atom is -0.351 e. The normalized spacial score (nSPS) is 10.4. The van der Waals surface area contributed by atoms with Gasteiger partial charge in [-0.25, -0.2) is 4.79 Å². The lowest BCUT2D eigenvalue weighted by Crippen LogP contribution is -2.24. The van der Waals surface area contributed by atoms with E-state index in [0.29, 0.717) is 22.1 Å². The minimum atomic E-state index is -0.302. The second-order valence-corrected chi connectivity index (χ2v) is 5.59. The van der Waals surface area contributed by atoms with Crippen molar-refractivity contribution >= 4 is 45.8 Å². The number of anilines is 2. The van der Waals surface area contributed by atoms with Crippen LogP contribution in [0.1, 0.15) is 10.5 Å². The summed E-state index contributed by atoms with van der Waals surface area (Å²) >= 11 is 5.95. The molecule has 0 atom stereocenters. The van der Waals surface area contributed by atoms with Crippen LogP contribution in [-0.2, 0) is 0 Å². The van der Waals surface area contributed by atoms with Gasteiger partial charge in [-0.1, -0.05) is 11.6 Å². The molecule has 7 heteroatoms. The topological polar surface area (TPSA) is 86.0 Å². The summed E-state index contributed by atoms with van der Waals surface area (Å²) in [6.07, 6.45) is 0. The lowest BCUT2D eigenvalue weighted by molar-refractivity contribution is 0.102. The second kappa shape index (κ2) is 6.64. The van der Waals surface area contributed by atoms with E-state index in [4.69, 9.17) is 11.6 Å². The molecule has 0 aliphatic heterocycles. The van der Waals surface area contributed by atoms with Crippen molar-refractivity contribution in [2.45, 2.75) is 0 Å². The van der Waals surface area contributed by atoms with E-state index in [1.165, 1.54) is 7.05 Å². The molecular weight excluding hydrogens is 328 g/mol. The molecule has 3 aromatic rings. The number of carbonyl (C=O) groups excluding carboxylic acids is 2. The van der Waals surface area contributed by atoms with Crippen molar-refractivity contribution in [3.8, 4) is 0 Å². The van der Waals surface area contributed by atoms with Crippen LogP contribution in [0.4, 0.5) is 16.2 Å². The first-order valence-corrected chi connectivity index (χ1v) is 7.61. The van der Waals surface area contributed by atoms with Crippen molar-refractivity contribution in [2.24, 2.45) is 0 Å². The van der Waals surface area contributed by atoms with Gasteiger partial charge in [-0.2, -0.15) is 0 Å². The maximum absolute atomic E-state index is 12.3. The maximum Gasteiger partial charge on any atom is 0.318 e. The van der Waals surface area contributed by atoms with Crippen LogP contribution in [0.2, 0.25) is 5.02 Å². The van der Waals surface area contributed by atoms with Gasteiger partial charge in [0.2, 0.25) is 0 Å². The van der Waals surface area contributed by atoms with Crippen LogP contribution in [0.15, 0.2) is 48.5 Å². The molecule has 0 spiro atoms. The van der Waals surface area contributed by atoms with Gasteiger partial charge in [-0.05, 0) is 48.5 Å². The molecule has 0 aliphatic carbocycles. The van der Waals surface area contributed by atoms with Crippen molar-refractivity contribution in [1.82, 2.24) is 10.3 Å². The lowest BCUT2D eigenvalue weighted by atomic mass is 10.2. The molecule has 0 saturated heterocycles. The Kier molecular flexibility index (Phi) is 4.39. The van der Waals surface area contributed by atoms with Crippen molar-refractivity contribution in [1.29, 1.82) is 0 Å². The van der Waals surface area contributed by atoms with Crippen molar-refractivity contribution in [3.05, 3.63) is 59.2 Å². The smallest absolute Gasteiger partial charge is 0.318 e. The van der Waals surface area contributed by atoms with E-state index in [2.05, 4.69) is 20.9 Å². The first kappa shape index (κ1) is 15.9. The average Bonchev–Trinajstić information content (AvgIpc) is 2.99. The zero-order chi connectivity index (χ0) is 17.1. The van der Waals surface area contributed by atoms with Gasteiger partial charge in [0.25, 0.3) is 5.91 Å². The molecule has 0 fully saturated rings. The van der Waals surface area contributed by atoms with Gasteiger partial charge in [0, 0.05) is 34.3 Å². The van der Waals surface area contributed by atoms with Crippen molar-refractivity contribution in [3.63, 3.8) is 0 Å². The highest BCUT2D eigenvalue weighted by Gasteiger charge is 2.10. The summed E-state index contributed by atoms with van der Waals surface area (Å²) in [7, 11) is 1.54. The highest BCUT2D eigenvalue weighted by Crippen LogP contribution is 2.21. The van der Waals surface area contributed by atoms with E-state index in [9.17, 15) is 9.59 Å². The Hall–Kier alpha value is -2.99. The molecule has 3 rings (SSSR count). The third kappa shape index (κ3) is 3.49. The molecule has 0 bridgehead atoms. The number of rotatable bonds is 3. The molecule has 0 radical (unpaired) electrons. The Bertz CT molecular complexity index is 903. The molecule has 0 saturated carbocycles. The number of urea groups is 1. The summed E-state index contributed by atoms with van der Waals surface area (Å²) in [6.45, 7) is 0. The predicted molar refractivity (Wildman–Crippen MR) is 95.8 cm³/mol.